The molecule has 0 spiro atoms. The molecule has 1 unspecified atom stereocenters. The average Bonchev–Trinajstić information content (AvgIpc) is 3.40. The van der Waals surface area contributed by atoms with Crippen LogP contribution in [0.4, 0.5) is 11.4 Å². The van der Waals surface area contributed by atoms with Crippen LogP contribution in [0.2, 0.25) is 0 Å². The molecule has 0 saturated heterocycles. The predicted octanol–water partition coefficient (Wildman–Crippen LogP) is 3.34. The van der Waals surface area contributed by atoms with Gasteiger partial charge >= 0.3 is 0 Å². The smallest absolute Gasteiger partial charge is 0.255 e. The van der Waals surface area contributed by atoms with Gasteiger partial charge in [-0.1, -0.05) is 18.2 Å². The minimum atomic E-state index is -0.665. The van der Waals surface area contributed by atoms with Crippen molar-refractivity contribution in [2.24, 2.45) is 5.92 Å². The van der Waals surface area contributed by atoms with E-state index in [1.165, 1.54) is 0 Å². The van der Waals surface area contributed by atoms with Gasteiger partial charge < -0.3 is 15.7 Å². The van der Waals surface area contributed by atoms with E-state index < -0.39 is 6.10 Å². The van der Waals surface area contributed by atoms with E-state index in [-0.39, 0.29) is 17.7 Å². The molecule has 3 N–H and O–H groups in total. The summed E-state index contributed by atoms with van der Waals surface area (Å²) in [6, 6.07) is 13.9. The van der Waals surface area contributed by atoms with Crippen molar-refractivity contribution in [3.8, 4) is 0 Å². The van der Waals surface area contributed by atoms with Crippen molar-refractivity contribution in [2.45, 2.75) is 25.9 Å². The average molecular weight is 324 g/mol. The molecule has 0 heterocycles. The summed E-state index contributed by atoms with van der Waals surface area (Å²) in [5, 5.41) is 15.4. The highest BCUT2D eigenvalue weighted by atomic mass is 16.3. The molecule has 24 heavy (non-hydrogen) atoms. The van der Waals surface area contributed by atoms with E-state index in [2.05, 4.69) is 10.6 Å². The van der Waals surface area contributed by atoms with Crippen LogP contribution in [0.25, 0.3) is 0 Å². The predicted molar refractivity (Wildman–Crippen MR) is 92.8 cm³/mol. The fraction of sp³-hybridized carbons (Fsp3) is 0.263. The van der Waals surface area contributed by atoms with Gasteiger partial charge in [-0.3, -0.25) is 9.59 Å². The Morgan fingerprint density at radius 3 is 2.33 bits per heavy atom. The maximum absolute atomic E-state index is 12.4. The van der Waals surface area contributed by atoms with Crippen LogP contribution in [0, 0.1) is 5.92 Å². The molecule has 5 heteroatoms. The number of amides is 2. The zero-order chi connectivity index (χ0) is 17.1. The fourth-order valence-corrected chi connectivity index (χ4v) is 2.46. The van der Waals surface area contributed by atoms with Crippen molar-refractivity contribution in [3.63, 3.8) is 0 Å². The number of carbonyl (C=O) groups excluding carboxylic acids is 2. The molecule has 0 aromatic heterocycles. The fourth-order valence-electron chi connectivity index (χ4n) is 2.46. The zero-order valence-corrected chi connectivity index (χ0v) is 13.5. The van der Waals surface area contributed by atoms with Gasteiger partial charge in [0.05, 0.1) is 6.10 Å². The molecule has 2 aromatic rings. The molecule has 1 fully saturated rings. The van der Waals surface area contributed by atoms with Gasteiger partial charge in [-0.2, -0.15) is 0 Å². The van der Waals surface area contributed by atoms with E-state index in [9.17, 15) is 14.7 Å². The Labute approximate surface area is 140 Å². The molecule has 5 nitrogen and oxygen atoms in total. The van der Waals surface area contributed by atoms with Gasteiger partial charge in [0.1, 0.15) is 0 Å². The Kier molecular flexibility index (Phi) is 4.62. The maximum Gasteiger partial charge on any atom is 0.255 e. The standard InChI is InChI=1S/C19H20N2O3/c1-12(22)16-4-2-3-5-17(16)21-19(24)14-8-10-15(11-9-14)20-18(23)13-6-7-13/h2-5,8-13,22H,6-7H2,1H3,(H,20,23)(H,21,24). The number of hydrogen-bond donors (Lipinski definition) is 3. The zero-order valence-electron chi connectivity index (χ0n) is 13.5. The minimum Gasteiger partial charge on any atom is -0.389 e. The van der Waals surface area contributed by atoms with Gasteiger partial charge in [0.2, 0.25) is 5.91 Å². The molecule has 0 radical (unpaired) electrons. The molecule has 0 bridgehead atoms. The lowest BCUT2D eigenvalue weighted by Gasteiger charge is -2.13. The quantitative estimate of drug-likeness (QED) is 0.789. The third-order valence-corrected chi connectivity index (χ3v) is 4.02. The van der Waals surface area contributed by atoms with Crippen molar-refractivity contribution in [2.75, 3.05) is 10.6 Å². The Morgan fingerprint density at radius 2 is 1.71 bits per heavy atom. The molecule has 124 valence electrons. The number of aliphatic hydroxyl groups excluding tert-OH is 1. The molecule has 1 saturated carbocycles. The first kappa shape index (κ1) is 16.2. The largest absolute Gasteiger partial charge is 0.389 e. The summed E-state index contributed by atoms with van der Waals surface area (Å²) in [5.41, 5.74) is 2.43. The number of anilines is 2. The second kappa shape index (κ2) is 6.84. The van der Waals surface area contributed by atoms with Gasteiger partial charge in [-0.15, -0.1) is 0 Å². The molecule has 2 amide bonds. The van der Waals surface area contributed by atoms with Gasteiger partial charge in [-0.25, -0.2) is 0 Å². The number of hydrogen-bond acceptors (Lipinski definition) is 3. The lowest BCUT2D eigenvalue weighted by atomic mass is 10.1. The van der Waals surface area contributed by atoms with Gasteiger partial charge in [0.15, 0.2) is 0 Å². The summed E-state index contributed by atoms with van der Waals surface area (Å²) >= 11 is 0. The molecule has 1 aliphatic carbocycles. The minimum absolute atomic E-state index is 0.0399. The molecular weight excluding hydrogens is 304 g/mol. The molecule has 2 aromatic carbocycles. The van der Waals surface area contributed by atoms with Crippen molar-refractivity contribution in [3.05, 3.63) is 59.7 Å². The normalized spacial score (nSPS) is 14.8. The van der Waals surface area contributed by atoms with Crippen molar-refractivity contribution in [1.29, 1.82) is 0 Å². The van der Waals surface area contributed by atoms with E-state index >= 15 is 0 Å². The van der Waals surface area contributed by atoms with Crippen molar-refractivity contribution < 1.29 is 14.7 Å². The highest BCUT2D eigenvalue weighted by Gasteiger charge is 2.29. The number of rotatable bonds is 5. The number of benzene rings is 2. The lowest BCUT2D eigenvalue weighted by Crippen LogP contribution is -2.15. The maximum atomic E-state index is 12.4. The molecule has 3 rings (SSSR count). The Balaban J connectivity index is 1.68. The Hall–Kier alpha value is -2.66. The van der Waals surface area contributed by atoms with Crippen LogP contribution in [0.15, 0.2) is 48.5 Å². The number of para-hydroxylation sites is 1. The summed E-state index contributed by atoms with van der Waals surface area (Å²) in [5.74, 6) is -0.0776. The summed E-state index contributed by atoms with van der Waals surface area (Å²) in [4.78, 5) is 24.1. The van der Waals surface area contributed by atoms with Crippen LogP contribution in [-0.2, 0) is 4.79 Å². The topological polar surface area (TPSA) is 78.4 Å². The first-order valence-corrected chi connectivity index (χ1v) is 8.04. The highest BCUT2D eigenvalue weighted by Crippen LogP contribution is 2.30. The van der Waals surface area contributed by atoms with E-state index in [1.807, 2.05) is 6.07 Å². The summed E-state index contributed by atoms with van der Waals surface area (Å²) in [6.45, 7) is 1.66. The summed E-state index contributed by atoms with van der Waals surface area (Å²) in [7, 11) is 0. The SMILES string of the molecule is CC(O)c1ccccc1NC(=O)c1ccc(NC(=O)C2CC2)cc1. The van der Waals surface area contributed by atoms with Crippen LogP contribution in [0.3, 0.4) is 0 Å². The monoisotopic (exact) mass is 324 g/mol. The van der Waals surface area contributed by atoms with Gasteiger partial charge in [0.25, 0.3) is 5.91 Å². The van der Waals surface area contributed by atoms with E-state index in [1.54, 1.807) is 49.4 Å². The first-order chi connectivity index (χ1) is 11.5. The second-order valence-corrected chi connectivity index (χ2v) is 6.06. The lowest BCUT2D eigenvalue weighted by molar-refractivity contribution is -0.117. The van der Waals surface area contributed by atoms with Crippen LogP contribution >= 0.6 is 0 Å². The number of nitrogens with one attached hydrogen (secondary N) is 2. The molecular formula is C19H20N2O3. The summed E-state index contributed by atoms with van der Waals surface area (Å²) < 4.78 is 0. The third kappa shape index (κ3) is 3.81. The van der Waals surface area contributed by atoms with E-state index in [4.69, 9.17) is 0 Å². The number of carbonyl (C=O) groups is 2. The second-order valence-electron chi connectivity index (χ2n) is 6.06. The van der Waals surface area contributed by atoms with Gasteiger partial charge in [-0.05, 0) is 50.1 Å². The summed E-state index contributed by atoms with van der Waals surface area (Å²) in [6.07, 6.45) is 1.24. The van der Waals surface area contributed by atoms with E-state index in [0.717, 1.165) is 12.8 Å². The first-order valence-electron chi connectivity index (χ1n) is 8.04. The Morgan fingerprint density at radius 1 is 1.04 bits per heavy atom. The highest BCUT2D eigenvalue weighted by molar-refractivity contribution is 6.05. The van der Waals surface area contributed by atoms with Crippen LogP contribution in [0.1, 0.15) is 41.8 Å². The Bertz CT molecular complexity index is 749. The third-order valence-electron chi connectivity index (χ3n) is 4.02. The van der Waals surface area contributed by atoms with Crippen LogP contribution in [-0.4, -0.2) is 16.9 Å². The van der Waals surface area contributed by atoms with Crippen molar-refractivity contribution >= 4 is 23.2 Å². The van der Waals surface area contributed by atoms with Gasteiger partial charge in [0, 0.05) is 28.4 Å². The molecule has 0 aliphatic heterocycles. The van der Waals surface area contributed by atoms with Crippen molar-refractivity contribution in [1.82, 2.24) is 0 Å². The molecule has 1 aliphatic rings. The van der Waals surface area contributed by atoms with Crippen LogP contribution < -0.4 is 10.6 Å². The van der Waals surface area contributed by atoms with Crippen LogP contribution in [0.5, 0.6) is 0 Å². The number of aliphatic hydroxyl groups is 1. The molecule has 1 atom stereocenters. The van der Waals surface area contributed by atoms with E-state index in [0.29, 0.717) is 22.5 Å².